The Hall–Kier alpha value is -0.480. The van der Waals surface area contributed by atoms with Crippen LogP contribution in [-0.4, -0.2) is 36.9 Å². The van der Waals surface area contributed by atoms with E-state index in [2.05, 4.69) is 0 Å². The summed E-state index contributed by atoms with van der Waals surface area (Å²) in [7, 11) is 0. The van der Waals surface area contributed by atoms with E-state index in [1.54, 1.807) is 0 Å². The molecule has 124 valence electrons. The Kier molecular flexibility index (Phi) is 15.5. The van der Waals surface area contributed by atoms with Gasteiger partial charge in [-0.1, -0.05) is 19.3 Å². The first kappa shape index (κ1) is 20.5. The second-order valence-corrected chi connectivity index (χ2v) is 5.55. The van der Waals surface area contributed by atoms with Gasteiger partial charge in [0.05, 0.1) is 13.2 Å². The molecule has 0 aliphatic rings. The van der Waals surface area contributed by atoms with E-state index in [0.717, 1.165) is 32.1 Å². The second kappa shape index (κ2) is 15.9. The topological polar surface area (TPSA) is 52.6 Å². The predicted octanol–water partition coefficient (Wildman–Crippen LogP) is 4.06. The molecule has 0 fully saturated rings. The fourth-order valence-corrected chi connectivity index (χ4v) is 1.94. The van der Waals surface area contributed by atoms with Crippen LogP contribution in [0.15, 0.2) is 0 Å². The Balaban J connectivity index is 3.19. The number of hydrogen-bond acceptors (Lipinski definition) is 4. The van der Waals surface area contributed by atoms with E-state index in [9.17, 15) is 9.59 Å². The first-order valence-corrected chi connectivity index (χ1v) is 8.70. The molecule has 0 heterocycles. The first-order chi connectivity index (χ1) is 10.2. The third-order valence-electron chi connectivity index (χ3n) is 2.84. The SMILES string of the molecule is O=C(CCCCl)OCCCCCCCOC(=O)CCCCl. The number of rotatable bonds is 14. The molecule has 0 saturated carbocycles. The summed E-state index contributed by atoms with van der Waals surface area (Å²) in [6.07, 6.45) is 6.99. The second-order valence-electron chi connectivity index (χ2n) is 4.79. The number of alkyl halides is 2. The standard InChI is InChI=1S/C15H26Cl2O4/c16-10-6-8-14(18)20-12-4-2-1-3-5-13-21-15(19)9-7-11-17/h1-13H2. The Bertz CT molecular complexity index is 246. The van der Waals surface area contributed by atoms with Crippen molar-refractivity contribution in [1.82, 2.24) is 0 Å². The highest BCUT2D eigenvalue weighted by atomic mass is 35.5. The zero-order valence-electron chi connectivity index (χ0n) is 12.6. The molecular weight excluding hydrogens is 315 g/mol. The minimum Gasteiger partial charge on any atom is -0.466 e. The number of carbonyl (C=O) groups excluding carboxylic acids is 2. The van der Waals surface area contributed by atoms with Gasteiger partial charge in [-0.15, -0.1) is 23.2 Å². The Morgan fingerprint density at radius 1 is 0.619 bits per heavy atom. The third-order valence-corrected chi connectivity index (χ3v) is 3.38. The fraction of sp³-hybridized carbons (Fsp3) is 0.867. The van der Waals surface area contributed by atoms with Crippen LogP contribution in [0, 0.1) is 0 Å². The Labute approximate surface area is 137 Å². The lowest BCUT2D eigenvalue weighted by Crippen LogP contribution is -2.06. The smallest absolute Gasteiger partial charge is 0.305 e. The van der Waals surface area contributed by atoms with Crippen molar-refractivity contribution < 1.29 is 19.1 Å². The highest BCUT2D eigenvalue weighted by Gasteiger charge is 2.02. The van der Waals surface area contributed by atoms with Crippen LogP contribution in [0.25, 0.3) is 0 Å². The van der Waals surface area contributed by atoms with E-state index in [4.69, 9.17) is 32.7 Å². The molecule has 0 rings (SSSR count). The maximum Gasteiger partial charge on any atom is 0.305 e. The van der Waals surface area contributed by atoms with E-state index >= 15 is 0 Å². The highest BCUT2D eigenvalue weighted by Crippen LogP contribution is 2.05. The molecule has 0 radical (unpaired) electrons. The van der Waals surface area contributed by atoms with Gasteiger partial charge in [0.25, 0.3) is 0 Å². The number of unbranched alkanes of at least 4 members (excludes halogenated alkanes) is 4. The molecule has 0 aliphatic carbocycles. The zero-order chi connectivity index (χ0) is 15.8. The molecule has 6 heteroatoms. The monoisotopic (exact) mass is 340 g/mol. The average molecular weight is 341 g/mol. The summed E-state index contributed by atoms with van der Waals surface area (Å²) in [5, 5.41) is 0. The van der Waals surface area contributed by atoms with Crippen LogP contribution in [0.3, 0.4) is 0 Å². The van der Waals surface area contributed by atoms with Crippen LogP contribution < -0.4 is 0 Å². The maximum atomic E-state index is 11.2. The fourth-order valence-electron chi connectivity index (χ4n) is 1.67. The van der Waals surface area contributed by atoms with E-state index < -0.39 is 0 Å². The van der Waals surface area contributed by atoms with Gasteiger partial charge in [0.2, 0.25) is 0 Å². The lowest BCUT2D eigenvalue weighted by Gasteiger charge is -2.05. The summed E-state index contributed by atoms with van der Waals surface area (Å²) in [6.45, 7) is 0.961. The van der Waals surface area contributed by atoms with Crippen LogP contribution >= 0.6 is 23.2 Å². The summed E-state index contributed by atoms with van der Waals surface area (Å²) >= 11 is 11.0. The van der Waals surface area contributed by atoms with E-state index in [1.807, 2.05) is 0 Å². The van der Waals surface area contributed by atoms with Crippen LogP contribution in [0.2, 0.25) is 0 Å². The van der Waals surface area contributed by atoms with Crippen LogP contribution in [0.1, 0.15) is 57.8 Å². The van der Waals surface area contributed by atoms with Gasteiger partial charge in [-0.3, -0.25) is 9.59 Å². The lowest BCUT2D eigenvalue weighted by molar-refractivity contribution is -0.144. The van der Waals surface area contributed by atoms with Crippen LogP contribution in [0.5, 0.6) is 0 Å². The lowest BCUT2D eigenvalue weighted by atomic mass is 10.1. The van der Waals surface area contributed by atoms with Gasteiger partial charge in [0, 0.05) is 24.6 Å². The zero-order valence-corrected chi connectivity index (χ0v) is 14.1. The highest BCUT2D eigenvalue weighted by molar-refractivity contribution is 6.18. The van der Waals surface area contributed by atoms with E-state index in [0.29, 0.717) is 50.7 Å². The van der Waals surface area contributed by atoms with Gasteiger partial charge in [-0.2, -0.15) is 0 Å². The van der Waals surface area contributed by atoms with Gasteiger partial charge in [0.15, 0.2) is 0 Å². The molecule has 0 aromatic carbocycles. The molecule has 0 aromatic rings. The van der Waals surface area contributed by atoms with Crippen molar-refractivity contribution in [2.45, 2.75) is 57.8 Å². The normalized spacial score (nSPS) is 10.4. The third kappa shape index (κ3) is 15.7. The number of carbonyl (C=O) groups is 2. The van der Waals surface area contributed by atoms with Gasteiger partial charge in [-0.25, -0.2) is 0 Å². The van der Waals surface area contributed by atoms with Crippen molar-refractivity contribution in [3.05, 3.63) is 0 Å². The predicted molar refractivity (Wildman–Crippen MR) is 84.9 cm³/mol. The first-order valence-electron chi connectivity index (χ1n) is 7.64. The van der Waals surface area contributed by atoms with Crippen molar-refractivity contribution in [3.8, 4) is 0 Å². The van der Waals surface area contributed by atoms with Crippen LogP contribution in [-0.2, 0) is 19.1 Å². The molecule has 0 bridgehead atoms. The molecular formula is C15H26Cl2O4. The van der Waals surface area contributed by atoms with Gasteiger partial charge in [-0.05, 0) is 25.7 Å². The minimum atomic E-state index is -0.167. The Morgan fingerprint density at radius 2 is 1.00 bits per heavy atom. The Morgan fingerprint density at radius 3 is 1.38 bits per heavy atom. The van der Waals surface area contributed by atoms with E-state index in [1.165, 1.54) is 0 Å². The molecule has 0 aliphatic heterocycles. The average Bonchev–Trinajstić information content (AvgIpc) is 2.49. The van der Waals surface area contributed by atoms with E-state index in [-0.39, 0.29) is 11.9 Å². The van der Waals surface area contributed by atoms with Crippen molar-refractivity contribution >= 4 is 35.1 Å². The molecule has 0 atom stereocenters. The van der Waals surface area contributed by atoms with Crippen molar-refractivity contribution in [2.75, 3.05) is 25.0 Å². The molecule has 0 aromatic heterocycles. The molecule has 4 nitrogen and oxygen atoms in total. The van der Waals surface area contributed by atoms with Crippen molar-refractivity contribution in [2.24, 2.45) is 0 Å². The molecule has 21 heavy (non-hydrogen) atoms. The molecule has 0 amide bonds. The van der Waals surface area contributed by atoms with Crippen molar-refractivity contribution in [1.29, 1.82) is 0 Å². The summed E-state index contributed by atoms with van der Waals surface area (Å²) in [6, 6.07) is 0. The molecule has 0 N–H and O–H groups in total. The van der Waals surface area contributed by atoms with Gasteiger partial charge >= 0.3 is 11.9 Å². The summed E-state index contributed by atoms with van der Waals surface area (Å²) in [5.41, 5.74) is 0. The maximum absolute atomic E-state index is 11.2. The van der Waals surface area contributed by atoms with Crippen LogP contribution in [0.4, 0.5) is 0 Å². The molecule has 0 unspecified atom stereocenters. The number of esters is 2. The summed E-state index contributed by atoms with van der Waals surface area (Å²) in [5.74, 6) is 0.649. The molecule has 0 saturated heterocycles. The summed E-state index contributed by atoms with van der Waals surface area (Å²) in [4.78, 5) is 22.4. The number of hydrogen-bond donors (Lipinski definition) is 0. The summed E-state index contributed by atoms with van der Waals surface area (Å²) < 4.78 is 10.1. The van der Waals surface area contributed by atoms with Gasteiger partial charge in [0.1, 0.15) is 0 Å². The number of ether oxygens (including phenoxy) is 2. The minimum absolute atomic E-state index is 0.167. The molecule has 0 spiro atoms. The van der Waals surface area contributed by atoms with Crippen molar-refractivity contribution in [3.63, 3.8) is 0 Å². The van der Waals surface area contributed by atoms with Gasteiger partial charge < -0.3 is 9.47 Å². The quantitative estimate of drug-likeness (QED) is 0.272. The number of halogens is 2. The largest absolute Gasteiger partial charge is 0.466 e.